The van der Waals surface area contributed by atoms with E-state index in [-0.39, 0.29) is 17.9 Å². The van der Waals surface area contributed by atoms with E-state index in [1.54, 1.807) is 0 Å². The lowest BCUT2D eigenvalue weighted by Gasteiger charge is -2.22. The lowest BCUT2D eigenvalue weighted by Crippen LogP contribution is -2.32. The minimum absolute atomic E-state index is 0.102. The fourth-order valence-electron chi connectivity index (χ4n) is 2.10. The molecule has 0 spiro atoms. The molecule has 1 N–H and O–H groups in total. The van der Waals surface area contributed by atoms with Gasteiger partial charge in [0.1, 0.15) is 5.82 Å². The molecule has 1 aromatic carbocycles. The lowest BCUT2D eigenvalue weighted by atomic mass is 10.0. The molecule has 0 heterocycles. The molecule has 2 rings (SSSR count). The van der Waals surface area contributed by atoms with Gasteiger partial charge in [-0.2, -0.15) is 0 Å². The van der Waals surface area contributed by atoms with Crippen LogP contribution in [0.5, 0.6) is 0 Å². The summed E-state index contributed by atoms with van der Waals surface area (Å²) in [7, 11) is 0. The van der Waals surface area contributed by atoms with Crippen LogP contribution in [-0.4, -0.2) is 6.04 Å². The van der Waals surface area contributed by atoms with Gasteiger partial charge in [0.15, 0.2) is 0 Å². The summed E-state index contributed by atoms with van der Waals surface area (Å²) in [5, 5.41) is 3.49. The van der Waals surface area contributed by atoms with Crippen LogP contribution in [0.4, 0.5) is 4.39 Å². The fourth-order valence-corrected chi connectivity index (χ4v) is 2.10. The maximum absolute atomic E-state index is 12.9. The Morgan fingerprint density at radius 1 is 1.41 bits per heavy atom. The highest BCUT2D eigenvalue weighted by atomic mass is 19.1. The molecule has 17 heavy (non-hydrogen) atoms. The van der Waals surface area contributed by atoms with Gasteiger partial charge < -0.3 is 0 Å². The summed E-state index contributed by atoms with van der Waals surface area (Å²) < 4.78 is 12.9. The Hall–Kier alpha value is -1.33. The molecule has 2 atom stereocenters. The second kappa shape index (κ2) is 5.33. The Bertz CT molecular complexity index is 400. The van der Waals surface area contributed by atoms with Gasteiger partial charge in [-0.05, 0) is 42.9 Å². The molecule has 1 aliphatic rings. The van der Waals surface area contributed by atoms with Gasteiger partial charge >= 0.3 is 0 Å². The van der Waals surface area contributed by atoms with E-state index in [0.717, 1.165) is 12.0 Å². The molecule has 0 saturated heterocycles. The van der Waals surface area contributed by atoms with Gasteiger partial charge in [-0.1, -0.05) is 25.0 Å². The van der Waals surface area contributed by atoms with Crippen molar-refractivity contribution >= 4 is 0 Å². The molecule has 1 saturated carbocycles. The predicted molar refractivity (Wildman–Crippen MR) is 67.9 cm³/mol. The van der Waals surface area contributed by atoms with Gasteiger partial charge in [0.2, 0.25) is 0 Å². The summed E-state index contributed by atoms with van der Waals surface area (Å²) in [5.41, 5.74) is 1.14. The summed E-state index contributed by atoms with van der Waals surface area (Å²) in [6.45, 7) is 2.08. The Morgan fingerprint density at radius 2 is 2.06 bits per heavy atom. The van der Waals surface area contributed by atoms with Crippen molar-refractivity contribution in [2.45, 2.75) is 38.3 Å². The number of halogens is 1. The van der Waals surface area contributed by atoms with Crippen LogP contribution in [0, 0.1) is 24.1 Å². The quantitative estimate of drug-likeness (QED) is 0.767. The van der Waals surface area contributed by atoms with Gasteiger partial charge in [-0.15, -0.1) is 6.42 Å². The molecule has 2 heteroatoms. The van der Waals surface area contributed by atoms with Crippen LogP contribution in [0.1, 0.15) is 37.8 Å². The Morgan fingerprint density at radius 3 is 2.53 bits per heavy atom. The SMILES string of the molecule is C#CC(CC)NC(c1ccc(F)cc1)C1CC1. The van der Waals surface area contributed by atoms with Crippen molar-refractivity contribution in [2.75, 3.05) is 0 Å². The van der Waals surface area contributed by atoms with Crippen molar-refractivity contribution < 1.29 is 4.39 Å². The minimum atomic E-state index is -0.188. The van der Waals surface area contributed by atoms with Gasteiger partial charge in [0.05, 0.1) is 6.04 Å². The second-order valence-electron chi connectivity index (χ2n) is 4.66. The molecule has 0 aliphatic heterocycles. The topological polar surface area (TPSA) is 12.0 Å². The van der Waals surface area contributed by atoms with E-state index in [9.17, 15) is 4.39 Å². The van der Waals surface area contributed by atoms with Crippen LogP contribution in [-0.2, 0) is 0 Å². The molecule has 1 fully saturated rings. The monoisotopic (exact) mass is 231 g/mol. The van der Waals surface area contributed by atoms with Crippen LogP contribution >= 0.6 is 0 Å². The van der Waals surface area contributed by atoms with Crippen LogP contribution in [0.3, 0.4) is 0 Å². The average Bonchev–Trinajstić information content (AvgIpc) is 3.17. The third-order valence-electron chi connectivity index (χ3n) is 3.31. The highest BCUT2D eigenvalue weighted by Crippen LogP contribution is 2.41. The van der Waals surface area contributed by atoms with E-state index < -0.39 is 0 Å². The van der Waals surface area contributed by atoms with Crippen molar-refractivity contribution in [3.8, 4) is 12.3 Å². The van der Waals surface area contributed by atoms with E-state index in [0.29, 0.717) is 5.92 Å². The number of nitrogens with one attached hydrogen (secondary N) is 1. The Kier molecular flexibility index (Phi) is 3.81. The zero-order chi connectivity index (χ0) is 12.3. The van der Waals surface area contributed by atoms with Crippen LogP contribution in [0.15, 0.2) is 24.3 Å². The third kappa shape index (κ3) is 3.08. The maximum atomic E-state index is 12.9. The average molecular weight is 231 g/mol. The van der Waals surface area contributed by atoms with Gasteiger partial charge in [-0.3, -0.25) is 5.32 Å². The van der Waals surface area contributed by atoms with Crippen molar-refractivity contribution in [1.82, 2.24) is 5.32 Å². The summed E-state index contributed by atoms with van der Waals surface area (Å²) in [6.07, 6.45) is 8.86. The standard InChI is InChI=1S/C15H18FN/c1-3-14(4-2)17-15(11-5-6-11)12-7-9-13(16)10-8-12/h1,7-11,14-15,17H,4-6H2,2H3. The van der Waals surface area contributed by atoms with Gasteiger partial charge in [0, 0.05) is 6.04 Å². The van der Waals surface area contributed by atoms with Crippen LogP contribution in [0.25, 0.3) is 0 Å². The third-order valence-corrected chi connectivity index (χ3v) is 3.31. The zero-order valence-corrected chi connectivity index (χ0v) is 10.1. The molecule has 0 aromatic heterocycles. The van der Waals surface area contributed by atoms with E-state index >= 15 is 0 Å². The van der Waals surface area contributed by atoms with Gasteiger partial charge in [-0.25, -0.2) is 4.39 Å². The Balaban J connectivity index is 2.12. The summed E-state index contributed by atoms with van der Waals surface area (Å²) in [5.74, 6) is 3.23. The largest absolute Gasteiger partial charge is 0.297 e. The first-order valence-electron chi connectivity index (χ1n) is 6.22. The predicted octanol–water partition coefficient (Wildman–Crippen LogP) is 3.28. The first kappa shape index (κ1) is 12.1. The van der Waals surface area contributed by atoms with E-state index in [1.165, 1.54) is 25.0 Å². The maximum Gasteiger partial charge on any atom is 0.123 e. The van der Waals surface area contributed by atoms with Gasteiger partial charge in [0.25, 0.3) is 0 Å². The molecule has 0 radical (unpaired) electrons. The number of hydrogen-bond acceptors (Lipinski definition) is 1. The highest BCUT2D eigenvalue weighted by Gasteiger charge is 2.33. The van der Waals surface area contributed by atoms with Crippen molar-refractivity contribution in [3.05, 3.63) is 35.6 Å². The number of terminal acetylenes is 1. The molecule has 1 aliphatic carbocycles. The minimum Gasteiger partial charge on any atom is -0.297 e. The number of benzene rings is 1. The first-order valence-corrected chi connectivity index (χ1v) is 6.22. The second-order valence-corrected chi connectivity index (χ2v) is 4.66. The molecule has 0 amide bonds. The first-order chi connectivity index (χ1) is 8.24. The normalized spacial score (nSPS) is 18.4. The lowest BCUT2D eigenvalue weighted by molar-refractivity contribution is 0.441. The summed E-state index contributed by atoms with van der Waals surface area (Å²) in [4.78, 5) is 0. The summed E-state index contributed by atoms with van der Waals surface area (Å²) in [6, 6.07) is 7.12. The smallest absolute Gasteiger partial charge is 0.123 e. The molecule has 1 nitrogen and oxygen atoms in total. The molecule has 0 bridgehead atoms. The number of rotatable bonds is 5. The van der Waals surface area contributed by atoms with Crippen LogP contribution in [0.2, 0.25) is 0 Å². The Labute approximate surface area is 102 Å². The number of hydrogen-bond donors (Lipinski definition) is 1. The fraction of sp³-hybridized carbons (Fsp3) is 0.467. The van der Waals surface area contributed by atoms with E-state index in [2.05, 4.69) is 18.2 Å². The molecular weight excluding hydrogens is 213 g/mol. The van der Waals surface area contributed by atoms with E-state index in [4.69, 9.17) is 6.42 Å². The molecule has 2 unspecified atom stereocenters. The molecular formula is C15H18FN. The van der Waals surface area contributed by atoms with Crippen LogP contribution < -0.4 is 5.32 Å². The molecule has 90 valence electrons. The van der Waals surface area contributed by atoms with Crippen molar-refractivity contribution in [2.24, 2.45) is 5.92 Å². The highest BCUT2D eigenvalue weighted by molar-refractivity contribution is 5.23. The summed E-state index contributed by atoms with van der Waals surface area (Å²) >= 11 is 0. The van der Waals surface area contributed by atoms with Crippen molar-refractivity contribution in [1.29, 1.82) is 0 Å². The van der Waals surface area contributed by atoms with Crippen molar-refractivity contribution in [3.63, 3.8) is 0 Å². The molecule has 1 aromatic rings. The van der Waals surface area contributed by atoms with E-state index in [1.807, 2.05) is 12.1 Å². The zero-order valence-electron chi connectivity index (χ0n) is 10.1.